The van der Waals surface area contributed by atoms with E-state index in [-0.39, 0.29) is 29.9 Å². The highest BCUT2D eigenvalue weighted by Gasteiger charge is 2.20. The van der Waals surface area contributed by atoms with E-state index in [1.165, 1.54) is 4.90 Å². The third kappa shape index (κ3) is 4.97. The van der Waals surface area contributed by atoms with Crippen molar-refractivity contribution in [1.29, 1.82) is 0 Å². The fourth-order valence-electron chi connectivity index (χ4n) is 1.88. The summed E-state index contributed by atoms with van der Waals surface area (Å²) in [4.78, 5) is 29.1. The molecule has 0 bridgehead atoms. The number of nitrogens with one attached hydrogen (secondary N) is 2. The molecule has 8 nitrogen and oxygen atoms in total. The molecule has 1 aromatic heterocycles. The summed E-state index contributed by atoms with van der Waals surface area (Å²) in [5.41, 5.74) is 0.487. The van der Waals surface area contributed by atoms with E-state index < -0.39 is 10.0 Å². The van der Waals surface area contributed by atoms with Crippen molar-refractivity contribution < 1.29 is 18.0 Å². The van der Waals surface area contributed by atoms with Crippen LogP contribution in [0.25, 0.3) is 0 Å². The second-order valence-electron chi connectivity index (χ2n) is 4.71. The third-order valence-electron chi connectivity index (χ3n) is 2.77. The monoisotopic (exact) mass is 332 g/mol. The van der Waals surface area contributed by atoms with Gasteiger partial charge in [-0.25, -0.2) is 13.4 Å². The highest BCUT2D eigenvalue weighted by molar-refractivity contribution is 7.92. The average molecular weight is 332 g/mol. The molecule has 1 aliphatic rings. The van der Waals surface area contributed by atoms with E-state index >= 15 is 0 Å². The molecular weight excluding hydrogens is 316 g/mol. The minimum atomic E-state index is -3.38. The van der Waals surface area contributed by atoms with Gasteiger partial charge < -0.3 is 10.2 Å². The summed E-state index contributed by atoms with van der Waals surface area (Å²) in [5.74, 6) is -0.359. The molecule has 1 aromatic rings. The second-order valence-corrected chi connectivity index (χ2v) is 7.32. The minimum absolute atomic E-state index is 0.0508. The number of amides is 2. The van der Waals surface area contributed by atoms with E-state index in [0.29, 0.717) is 18.8 Å². The number of carbonyl (C=O) groups is 2. The van der Waals surface area contributed by atoms with Gasteiger partial charge in [-0.15, -0.1) is 11.3 Å². The molecule has 2 amide bonds. The Morgan fingerprint density at radius 1 is 1.57 bits per heavy atom. The molecule has 2 heterocycles. The van der Waals surface area contributed by atoms with Crippen LogP contribution in [0.3, 0.4) is 0 Å². The van der Waals surface area contributed by atoms with Crippen LogP contribution in [-0.4, -0.2) is 56.0 Å². The van der Waals surface area contributed by atoms with Crippen LogP contribution in [0.15, 0.2) is 5.38 Å². The Balaban J connectivity index is 1.97. The normalized spacial score (nSPS) is 16.2. The number of sulfonamides is 1. The van der Waals surface area contributed by atoms with Crippen molar-refractivity contribution in [2.45, 2.75) is 12.8 Å². The van der Waals surface area contributed by atoms with Gasteiger partial charge >= 0.3 is 0 Å². The Morgan fingerprint density at radius 2 is 2.33 bits per heavy atom. The maximum atomic E-state index is 12.1. The molecule has 0 spiro atoms. The van der Waals surface area contributed by atoms with Gasteiger partial charge in [0.25, 0.3) is 0 Å². The van der Waals surface area contributed by atoms with Gasteiger partial charge in [0, 0.05) is 18.5 Å². The number of anilines is 1. The minimum Gasteiger partial charge on any atom is -0.354 e. The molecule has 2 N–H and O–H groups in total. The quantitative estimate of drug-likeness (QED) is 0.766. The fraction of sp³-hybridized carbons (Fsp3) is 0.545. The first-order chi connectivity index (χ1) is 9.83. The molecule has 0 aromatic carbocycles. The Bertz CT molecular complexity index is 640. The van der Waals surface area contributed by atoms with Gasteiger partial charge in [0.1, 0.15) is 0 Å². The van der Waals surface area contributed by atoms with E-state index in [1.807, 2.05) is 0 Å². The number of thiazole rings is 1. The van der Waals surface area contributed by atoms with Crippen LogP contribution >= 0.6 is 11.3 Å². The summed E-state index contributed by atoms with van der Waals surface area (Å²) in [5, 5.41) is 4.56. The van der Waals surface area contributed by atoms with Gasteiger partial charge in [-0.3, -0.25) is 14.3 Å². The highest BCUT2D eigenvalue weighted by atomic mass is 32.2. The average Bonchev–Trinajstić information content (AvgIpc) is 2.65. The topological polar surface area (TPSA) is 108 Å². The molecular formula is C11H16N4O4S2. The maximum absolute atomic E-state index is 12.1. The van der Waals surface area contributed by atoms with Gasteiger partial charge in [-0.2, -0.15) is 0 Å². The molecule has 0 radical (unpaired) electrons. The number of hydrogen-bond donors (Lipinski definition) is 2. The molecule has 0 atom stereocenters. The SMILES string of the molecule is CS(=O)(=O)Nc1nc(CC(=O)N2CCCNC(=O)C2)cs1. The van der Waals surface area contributed by atoms with E-state index in [1.54, 1.807) is 5.38 Å². The number of nitrogens with zero attached hydrogens (tertiary/aromatic N) is 2. The summed E-state index contributed by atoms with van der Waals surface area (Å²) in [6.07, 6.45) is 1.81. The Kier molecular flexibility index (Phi) is 4.78. The van der Waals surface area contributed by atoms with Crippen molar-refractivity contribution in [3.8, 4) is 0 Å². The van der Waals surface area contributed by atoms with Crippen LogP contribution in [0, 0.1) is 0 Å². The van der Waals surface area contributed by atoms with Gasteiger partial charge in [0.15, 0.2) is 5.13 Å². The van der Waals surface area contributed by atoms with Crippen LogP contribution in [0.2, 0.25) is 0 Å². The zero-order chi connectivity index (χ0) is 15.5. The Labute approximate surface area is 126 Å². The Morgan fingerprint density at radius 3 is 3.05 bits per heavy atom. The smallest absolute Gasteiger partial charge is 0.239 e. The van der Waals surface area contributed by atoms with E-state index in [9.17, 15) is 18.0 Å². The Hall–Kier alpha value is -1.68. The lowest BCUT2D eigenvalue weighted by atomic mass is 10.3. The molecule has 0 unspecified atom stereocenters. The van der Waals surface area contributed by atoms with Crippen molar-refractivity contribution >= 4 is 38.3 Å². The van der Waals surface area contributed by atoms with Crippen LogP contribution in [-0.2, 0) is 26.0 Å². The molecule has 10 heteroatoms. The van der Waals surface area contributed by atoms with Crippen molar-refractivity contribution in [2.75, 3.05) is 30.6 Å². The predicted molar refractivity (Wildman–Crippen MR) is 78.5 cm³/mol. The van der Waals surface area contributed by atoms with E-state index in [4.69, 9.17) is 0 Å². The molecule has 2 rings (SSSR count). The molecule has 1 fully saturated rings. The molecule has 1 aliphatic heterocycles. The first kappa shape index (κ1) is 15.7. The van der Waals surface area contributed by atoms with Crippen molar-refractivity contribution in [2.24, 2.45) is 0 Å². The van der Waals surface area contributed by atoms with Gasteiger partial charge in [0.05, 0.1) is 24.9 Å². The summed E-state index contributed by atoms with van der Waals surface area (Å²) in [6.45, 7) is 1.15. The summed E-state index contributed by atoms with van der Waals surface area (Å²) < 4.78 is 24.4. The number of rotatable bonds is 4. The van der Waals surface area contributed by atoms with Crippen molar-refractivity contribution in [1.82, 2.24) is 15.2 Å². The number of carbonyl (C=O) groups excluding carboxylic acids is 2. The first-order valence-electron chi connectivity index (χ1n) is 6.30. The zero-order valence-corrected chi connectivity index (χ0v) is 13.1. The van der Waals surface area contributed by atoms with E-state index in [2.05, 4.69) is 15.0 Å². The van der Waals surface area contributed by atoms with Crippen LogP contribution < -0.4 is 10.0 Å². The highest BCUT2D eigenvalue weighted by Crippen LogP contribution is 2.17. The van der Waals surface area contributed by atoms with Crippen molar-refractivity contribution in [3.63, 3.8) is 0 Å². The summed E-state index contributed by atoms with van der Waals surface area (Å²) in [7, 11) is -3.38. The van der Waals surface area contributed by atoms with Gasteiger partial charge in [-0.1, -0.05) is 0 Å². The van der Waals surface area contributed by atoms with Gasteiger partial charge in [-0.05, 0) is 6.42 Å². The predicted octanol–water partition coefficient (Wildman–Crippen LogP) is -0.594. The first-order valence-corrected chi connectivity index (χ1v) is 9.07. The lowest BCUT2D eigenvalue weighted by Gasteiger charge is -2.18. The molecule has 21 heavy (non-hydrogen) atoms. The molecule has 0 aliphatic carbocycles. The fourth-order valence-corrected chi connectivity index (χ4v) is 3.44. The third-order valence-corrected chi connectivity index (χ3v) is 4.27. The van der Waals surface area contributed by atoms with Crippen molar-refractivity contribution in [3.05, 3.63) is 11.1 Å². The zero-order valence-electron chi connectivity index (χ0n) is 11.5. The lowest BCUT2D eigenvalue weighted by molar-refractivity contribution is -0.134. The number of aromatic nitrogens is 1. The molecule has 1 saturated heterocycles. The standard InChI is InChI=1S/C11H16N4O4S2/c1-21(18,19)14-11-13-8(7-20-11)5-10(17)15-4-2-3-12-9(16)6-15/h7H,2-6H2,1H3,(H,12,16)(H,13,14). The molecule has 116 valence electrons. The summed E-state index contributed by atoms with van der Waals surface area (Å²) in [6, 6.07) is 0. The largest absolute Gasteiger partial charge is 0.354 e. The van der Waals surface area contributed by atoms with Crippen LogP contribution in [0.5, 0.6) is 0 Å². The summed E-state index contributed by atoms with van der Waals surface area (Å²) >= 11 is 1.12. The van der Waals surface area contributed by atoms with E-state index in [0.717, 1.165) is 24.0 Å². The van der Waals surface area contributed by atoms with Crippen LogP contribution in [0.4, 0.5) is 5.13 Å². The lowest BCUT2D eigenvalue weighted by Crippen LogP contribution is -2.38. The second kappa shape index (κ2) is 6.39. The number of hydrogen-bond acceptors (Lipinski definition) is 6. The van der Waals surface area contributed by atoms with Crippen LogP contribution in [0.1, 0.15) is 12.1 Å². The van der Waals surface area contributed by atoms with Gasteiger partial charge in [0.2, 0.25) is 21.8 Å². The maximum Gasteiger partial charge on any atom is 0.239 e. The molecule has 0 saturated carbocycles.